The summed E-state index contributed by atoms with van der Waals surface area (Å²) in [6, 6.07) is 24.3. The monoisotopic (exact) mass is 371 g/mol. The summed E-state index contributed by atoms with van der Waals surface area (Å²) in [5.74, 6) is -1.09. The van der Waals surface area contributed by atoms with Gasteiger partial charge in [0.15, 0.2) is 6.10 Å². The van der Waals surface area contributed by atoms with E-state index >= 15 is 0 Å². The molecule has 5 heteroatoms. The predicted octanol–water partition coefficient (Wildman–Crippen LogP) is 3.33. The summed E-state index contributed by atoms with van der Waals surface area (Å²) in [6.07, 6.45) is -1.28. The van der Waals surface area contributed by atoms with Gasteiger partial charge in [0.05, 0.1) is 5.97 Å². The van der Waals surface area contributed by atoms with Crippen molar-refractivity contribution in [2.24, 2.45) is 0 Å². The number of benzene rings is 3. The molecule has 0 bridgehead atoms. The van der Waals surface area contributed by atoms with Crippen LogP contribution in [0.25, 0.3) is 22.1 Å². The fourth-order valence-corrected chi connectivity index (χ4v) is 3.09. The van der Waals surface area contributed by atoms with Gasteiger partial charge in [-0.25, -0.2) is 4.79 Å². The van der Waals surface area contributed by atoms with Gasteiger partial charge in [-0.1, -0.05) is 60.7 Å². The quantitative estimate of drug-likeness (QED) is 0.503. The first-order chi connectivity index (χ1) is 13.6. The SMILES string of the molecule is O=C([O-])[C@H](Oc1ccc2c(-c3ccccc3)cc(=O)oc2c1)c1ccccc1. The molecule has 1 atom stereocenters. The number of carboxylic acids is 1. The summed E-state index contributed by atoms with van der Waals surface area (Å²) in [6.45, 7) is 0. The largest absolute Gasteiger partial charge is 0.546 e. The Morgan fingerprint density at radius 2 is 1.57 bits per heavy atom. The Morgan fingerprint density at radius 1 is 0.893 bits per heavy atom. The van der Waals surface area contributed by atoms with Crippen molar-refractivity contribution >= 4 is 16.9 Å². The molecule has 0 saturated carbocycles. The lowest BCUT2D eigenvalue weighted by Gasteiger charge is -2.20. The van der Waals surface area contributed by atoms with Crippen LogP contribution < -0.4 is 15.5 Å². The lowest BCUT2D eigenvalue weighted by atomic mass is 10.0. The number of carboxylic acid groups (broad SMARTS) is 1. The Labute approximate surface area is 160 Å². The molecule has 28 heavy (non-hydrogen) atoms. The Morgan fingerprint density at radius 3 is 2.25 bits per heavy atom. The number of hydrogen-bond donors (Lipinski definition) is 0. The molecule has 0 radical (unpaired) electrons. The maximum absolute atomic E-state index is 12.0. The third-order valence-electron chi connectivity index (χ3n) is 4.37. The molecule has 0 fully saturated rings. The van der Waals surface area contributed by atoms with Crippen molar-refractivity contribution in [2.75, 3.05) is 0 Å². The number of carbonyl (C=O) groups excluding carboxylic acids is 1. The molecule has 0 saturated heterocycles. The first-order valence-corrected chi connectivity index (χ1v) is 8.67. The van der Waals surface area contributed by atoms with Gasteiger partial charge in [-0.05, 0) is 28.8 Å². The molecule has 0 aliphatic heterocycles. The van der Waals surface area contributed by atoms with E-state index in [0.717, 1.165) is 16.5 Å². The Kier molecular flexibility index (Phi) is 4.64. The predicted molar refractivity (Wildman–Crippen MR) is 103 cm³/mol. The van der Waals surface area contributed by atoms with E-state index in [4.69, 9.17) is 9.15 Å². The highest BCUT2D eigenvalue weighted by Crippen LogP contribution is 2.31. The van der Waals surface area contributed by atoms with Crippen molar-refractivity contribution in [1.82, 2.24) is 0 Å². The first kappa shape index (κ1) is 17.5. The fourth-order valence-electron chi connectivity index (χ4n) is 3.09. The van der Waals surface area contributed by atoms with E-state index < -0.39 is 17.7 Å². The highest BCUT2D eigenvalue weighted by Gasteiger charge is 2.16. The van der Waals surface area contributed by atoms with Gasteiger partial charge in [0.25, 0.3) is 0 Å². The summed E-state index contributed by atoms with van der Waals surface area (Å²) >= 11 is 0. The maximum Gasteiger partial charge on any atom is 0.336 e. The fraction of sp³-hybridized carbons (Fsp3) is 0.0435. The van der Waals surface area contributed by atoms with Crippen LogP contribution in [0.1, 0.15) is 11.7 Å². The van der Waals surface area contributed by atoms with Gasteiger partial charge in [0.1, 0.15) is 11.3 Å². The van der Waals surface area contributed by atoms with Crippen LogP contribution in [0.15, 0.2) is 94.1 Å². The summed E-state index contributed by atoms with van der Waals surface area (Å²) in [7, 11) is 0. The molecule has 0 unspecified atom stereocenters. The van der Waals surface area contributed by atoms with E-state index in [0.29, 0.717) is 11.1 Å². The molecule has 0 N–H and O–H groups in total. The van der Waals surface area contributed by atoms with Crippen molar-refractivity contribution in [1.29, 1.82) is 0 Å². The van der Waals surface area contributed by atoms with Crippen LogP contribution in [-0.2, 0) is 4.79 Å². The van der Waals surface area contributed by atoms with Crippen LogP contribution in [-0.4, -0.2) is 5.97 Å². The van der Waals surface area contributed by atoms with E-state index in [1.807, 2.05) is 30.3 Å². The number of aliphatic carboxylic acids is 1. The van der Waals surface area contributed by atoms with E-state index in [-0.39, 0.29) is 5.75 Å². The normalized spacial score (nSPS) is 11.9. The average molecular weight is 371 g/mol. The van der Waals surface area contributed by atoms with Gasteiger partial charge in [-0.2, -0.15) is 0 Å². The van der Waals surface area contributed by atoms with Crippen molar-refractivity contribution in [3.8, 4) is 16.9 Å². The molecule has 0 aliphatic rings. The van der Waals surface area contributed by atoms with E-state index in [1.165, 1.54) is 12.1 Å². The molecule has 4 aromatic rings. The Hall–Kier alpha value is -3.86. The van der Waals surface area contributed by atoms with Gasteiger partial charge >= 0.3 is 5.63 Å². The lowest BCUT2D eigenvalue weighted by molar-refractivity contribution is -0.314. The molecular formula is C23H15O5-. The minimum absolute atomic E-state index is 0.263. The van der Waals surface area contributed by atoms with Crippen molar-refractivity contribution in [3.05, 3.63) is 101 Å². The number of hydrogen-bond acceptors (Lipinski definition) is 5. The molecule has 3 aromatic carbocycles. The van der Waals surface area contributed by atoms with Crippen LogP contribution >= 0.6 is 0 Å². The lowest BCUT2D eigenvalue weighted by Crippen LogP contribution is -2.33. The molecular weight excluding hydrogens is 356 g/mol. The van der Waals surface area contributed by atoms with Crippen molar-refractivity contribution in [3.63, 3.8) is 0 Å². The van der Waals surface area contributed by atoms with E-state index in [1.54, 1.807) is 42.5 Å². The number of fused-ring (bicyclic) bond motifs is 1. The average Bonchev–Trinajstić information content (AvgIpc) is 2.72. The summed E-state index contributed by atoms with van der Waals surface area (Å²) in [5, 5.41) is 12.3. The van der Waals surface area contributed by atoms with Crippen LogP contribution in [0, 0.1) is 0 Å². The van der Waals surface area contributed by atoms with Gasteiger partial charge < -0.3 is 19.1 Å². The second kappa shape index (κ2) is 7.40. The molecule has 0 spiro atoms. The van der Waals surface area contributed by atoms with Gasteiger partial charge in [0.2, 0.25) is 0 Å². The van der Waals surface area contributed by atoms with Crippen molar-refractivity contribution in [2.45, 2.75) is 6.10 Å². The topological polar surface area (TPSA) is 79.6 Å². The summed E-state index contributed by atoms with van der Waals surface area (Å²) in [4.78, 5) is 23.6. The molecule has 138 valence electrons. The highest BCUT2D eigenvalue weighted by molar-refractivity contribution is 5.93. The molecule has 4 rings (SSSR count). The minimum Gasteiger partial charge on any atom is -0.546 e. The van der Waals surface area contributed by atoms with Gasteiger partial charge in [0, 0.05) is 17.5 Å². The highest BCUT2D eigenvalue weighted by atomic mass is 16.5. The summed E-state index contributed by atoms with van der Waals surface area (Å²) < 4.78 is 10.9. The number of carbonyl (C=O) groups is 1. The van der Waals surface area contributed by atoms with Crippen molar-refractivity contribution < 1.29 is 19.1 Å². The third-order valence-corrected chi connectivity index (χ3v) is 4.37. The standard InChI is InChI=1S/C23H16O5/c24-21-14-19(15-7-3-1-4-8-15)18-12-11-17(13-20(18)28-21)27-22(23(25)26)16-9-5-2-6-10-16/h1-14,22H,(H,25,26)/p-1/t22-/m1/s1. The smallest absolute Gasteiger partial charge is 0.336 e. The minimum atomic E-state index is -1.36. The third kappa shape index (κ3) is 3.50. The Balaban J connectivity index is 1.76. The van der Waals surface area contributed by atoms with Gasteiger partial charge in [-0.3, -0.25) is 0 Å². The van der Waals surface area contributed by atoms with E-state index in [9.17, 15) is 14.7 Å². The maximum atomic E-state index is 12.0. The molecule has 0 aliphatic carbocycles. The van der Waals surface area contributed by atoms with Crippen LogP contribution in [0.5, 0.6) is 5.75 Å². The van der Waals surface area contributed by atoms with Crippen LogP contribution in [0.3, 0.4) is 0 Å². The van der Waals surface area contributed by atoms with Gasteiger partial charge in [-0.15, -0.1) is 0 Å². The molecule has 5 nitrogen and oxygen atoms in total. The zero-order valence-corrected chi connectivity index (χ0v) is 14.7. The zero-order valence-electron chi connectivity index (χ0n) is 14.7. The number of ether oxygens (including phenoxy) is 1. The second-order valence-corrected chi connectivity index (χ2v) is 6.23. The first-order valence-electron chi connectivity index (χ1n) is 8.67. The Bertz CT molecular complexity index is 1180. The second-order valence-electron chi connectivity index (χ2n) is 6.23. The molecule has 1 heterocycles. The molecule has 1 aromatic heterocycles. The number of rotatable bonds is 5. The zero-order chi connectivity index (χ0) is 19.5. The van der Waals surface area contributed by atoms with Crippen LogP contribution in [0.4, 0.5) is 0 Å². The van der Waals surface area contributed by atoms with Crippen LogP contribution in [0.2, 0.25) is 0 Å². The molecule has 0 amide bonds. The van der Waals surface area contributed by atoms with E-state index in [2.05, 4.69) is 0 Å². The summed E-state index contributed by atoms with van der Waals surface area (Å²) in [5.41, 5.74) is 1.89.